The molecule has 2 aromatic carbocycles. The van der Waals surface area contributed by atoms with Gasteiger partial charge >= 0.3 is 6.03 Å². The Hall–Kier alpha value is -2.88. The summed E-state index contributed by atoms with van der Waals surface area (Å²) in [7, 11) is 0. The van der Waals surface area contributed by atoms with E-state index in [4.69, 9.17) is 0 Å². The van der Waals surface area contributed by atoms with Crippen molar-refractivity contribution in [2.24, 2.45) is 0 Å². The molecule has 0 fully saturated rings. The molecule has 1 heterocycles. The summed E-state index contributed by atoms with van der Waals surface area (Å²) < 4.78 is 1.45. The molecule has 0 atom stereocenters. The number of carbonyl (C=O) groups is 2. The average molecular weight is 264 g/mol. The maximum Gasteiger partial charge on any atom is 0.330 e. The second-order valence-corrected chi connectivity index (χ2v) is 4.39. The minimum Gasteiger partial charge on any atom is -0.307 e. The van der Waals surface area contributed by atoms with Crippen molar-refractivity contribution in [1.29, 1.82) is 0 Å². The lowest BCUT2D eigenvalue weighted by Crippen LogP contribution is -2.18. The van der Waals surface area contributed by atoms with Crippen molar-refractivity contribution < 1.29 is 9.59 Å². The molecular weight excluding hydrogens is 252 g/mol. The molecule has 3 rings (SSSR count). The molecule has 98 valence electrons. The molecule has 0 bridgehead atoms. The van der Waals surface area contributed by atoms with Gasteiger partial charge in [0.1, 0.15) is 0 Å². The predicted octanol–water partition coefficient (Wildman–Crippen LogP) is 3.53. The summed E-state index contributed by atoms with van der Waals surface area (Å²) in [6.45, 7) is 0. The molecule has 1 N–H and O–H groups in total. The van der Waals surface area contributed by atoms with Crippen LogP contribution in [0.15, 0.2) is 60.8 Å². The Morgan fingerprint density at radius 3 is 2.45 bits per heavy atom. The molecule has 0 saturated carbocycles. The summed E-state index contributed by atoms with van der Waals surface area (Å²) in [4.78, 5) is 23.4. The molecule has 0 aliphatic rings. The first kappa shape index (κ1) is 12.2. The molecule has 1 amide bonds. The molecule has 3 aromatic rings. The summed E-state index contributed by atoms with van der Waals surface area (Å²) in [5, 5.41) is 3.57. The standard InChI is InChI=1S/C16H12N2O2/c19-11-12-10-18(15-9-5-4-8-14(12)15)16(20)17-13-6-2-1-3-7-13/h1-11H,(H,17,20). The summed E-state index contributed by atoms with van der Waals surface area (Å²) in [5.41, 5.74) is 1.93. The van der Waals surface area contributed by atoms with Crippen molar-refractivity contribution in [2.45, 2.75) is 0 Å². The maximum absolute atomic E-state index is 12.3. The Morgan fingerprint density at radius 2 is 1.70 bits per heavy atom. The Morgan fingerprint density at radius 1 is 1.00 bits per heavy atom. The number of para-hydroxylation sites is 2. The topological polar surface area (TPSA) is 51.1 Å². The number of aldehydes is 1. The minimum absolute atomic E-state index is 0.291. The van der Waals surface area contributed by atoms with Crippen molar-refractivity contribution in [3.63, 3.8) is 0 Å². The second kappa shape index (κ2) is 5.01. The smallest absolute Gasteiger partial charge is 0.307 e. The van der Waals surface area contributed by atoms with Crippen LogP contribution < -0.4 is 5.32 Å². The summed E-state index contributed by atoms with van der Waals surface area (Å²) >= 11 is 0. The molecule has 4 heteroatoms. The fraction of sp³-hybridized carbons (Fsp3) is 0. The van der Waals surface area contributed by atoms with Crippen LogP contribution in [-0.2, 0) is 0 Å². The van der Waals surface area contributed by atoms with E-state index in [1.807, 2.05) is 54.6 Å². The number of fused-ring (bicyclic) bond motifs is 1. The zero-order chi connectivity index (χ0) is 13.9. The molecular formula is C16H12N2O2. The molecule has 0 unspecified atom stereocenters. The summed E-state index contributed by atoms with van der Waals surface area (Å²) in [6.07, 6.45) is 2.31. The highest BCUT2D eigenvalue weighted by molar-refractivity contribution is 6.04. The second-order valence-electron chi connectivity index (χ2n) is 4.39. The first-order valence-corrected chi connectivity index (χ1v) is 6.21. The van der Waals surface area contributed by atoms with E-state index >= 15 is 0 Å². The van der Waals surface area contributed by atoms with Gasteiger partial charge in [0.05, 0.1) is 5.52 Å². The number of hydrogen-bond donors (Lipinski definition) is 1. The van der Waals surface area contributed by atoms with E-state index in [0.29, 0.717) is 16.8 Å². The minimum atomic E-state index is -0.291. The third kappa shape index (κ3) is 2.07. The van der Waals surface area contributed by atoms with Gasteiger partial charge in [-0.05, 0) is 18.2 Å². The predicted molar refractivity (Wildman–Crippen MR) is 78.2 cm³/mol. The lowest BCUT2D eigenvalue weighted by atomic mass is 10.2. The van der Waals surface area contributed by atoms with E-state index in [1.54, 1.807) is 6.20 Å². The van der Waals surface area contributed by atoms with Crippen LogP contribution in [0.25, 0.3) is 10.9 Å². The third-order valence-corrected chi connectivity index (χ3v) is 3.11. The molecule has 0 saturated heterocycles. The molecule has 4 nitrogen and oxygen atoms in total. The van der Waals surface area contributed by atoms with Crippen molar-refractivity contribution in [3.05, 3.63) is 66.4 Å². The van der Waals surface area contributed by atoms with Crippen LogP contribution in [0, 0.1) is 0 Å². The van der Waals surface area contributed by atoms with E-state index in [0.717, 1.165) is 11.7 Å². The lowest BCUT2D eigenvalue weighted by Gasteiger charge is -2.06. The van der Waals surface area contributed by atoms with E-state index < -0.39 is 0 Å². The number of benzene rings is 2. The van der Waals surface area contributed by atoms with Crippen LogP contribution >= 0.6 is 0 Å². The van der Waals surface area contributed by atoms with Crippen LogP contribution in [0.5, 0.6) is 0 Å². The van der Waals surface area contributed by atoms with Crippen molar-refractivity contribution >= 4 is 28.9 Å². The lowest BCUT2D eigenvalue weighted by molar-refractivity contribution is 0.112. The van der Waals surface area contributed by atoms with Crippen molar-refractivity contribution in [1.82, 2.24) is 4.57 Å². The molecule has 1 aromatic heterocycles. The molecule has 0 radical (unpaired) electrons. The van der Waals surface area contributed by atoms with Gasteiger partial charge in [-0.3, -0.25) is 9.36 Å². The van der Waals surface area contributed by atoms with Crippen LogP contribution in [0.4, 0.5) is 10.5 Å². The number of hydrogen-bond acceptors (Lipinski definition) is 2. The van der Waals surface area contributed by atoms with E-state index in [2.05, 4.69) is 5.32 Å². The average Bonchev–Trinajstić information content (AvgIpc) is 2.87. The van der Waals surface area contributed by atoms with Crippen LogP contribution in [0.3, 0.4) is 0 Å². The van der Waals surface area contributed by atoms with Gasteiger partial charge in [-0.15, -0.1) is 0 Å². The van der Waals surface area contributed by atoms with Gasteiger partial charge in [0.2, 0.25) is 0 Å². The van der Waals surface area contributed by atoms with Gasteiger partial charge in [-0.1, -0.05) is 36.4 Å². The molecule has 0 aliphatic carbocycles. The fourth-order valence-corrected chi connectivity index (χ4v) is 2.17. The highest BCUT2D eigenvalue weighted by Crippen LogP contribution is 2.20. The van der Waals surface area contributed by atoms with E-state index in [-0.39, 0.29) is 6.03 Å². The molecule has 0 aliphatic heterocycles. The van der Waals surface area contributed by atoms with Crippen LogP contribution in [-0.4, -0.2) is 16.9 Å². The van der Waals surface area contributed by atoms with Gasteiger partial charge in [0, 0.05) is 22.8 Å². The highest BCUT2D eigenvalue weighted by atomic mass is 16.2. The van der Waals surface area contributed by atoms with E-state index in [9.17, 15) is 9.59 Å². The summed E-state index contributed by atoms with van der Waals surface area (Å²) in [5.74, 6) is 0. The zero-order valence-electron chi connectivity index (χ0n) is 10.6. The van der Waals surface area contributed by atoms with Gasteiger partial charge in [-0.2, -0.15) is 0 Å². The Balaban J connectivity index is 2.02. The Kier molecular flexibility index (Phi) is 3.05. The largest absolute Gasteiger partial charge is 0.330 e. The van der Waals surface area contributed by atoms with E-state index in [1.165, 1.54) is 4.57 Å². The number of amides is 1. The van der Waals surface area contributed by atoms with Crippen molar-refractivity contribution in [2.75, 3.05) is 5.32 Å². The monoisotopic (exact) mass is 264 g/mol. The number of rotatable bonds is 2. The van der Waals surface area contributed by atoms with Gasteiger partial charge in [0.15, 0.2) is 6.29 Å². The highest BCUT2D eigenvalue weighted by Gasteiger charge is 2.12. The third-order valence-electron chi connectivity index (χ3n) is 3.11. The number of anilines is 1. The van der Waals surface area contributed by atoms with Gasteiger partial charge in [0.25, 0.3) is 0 Å². The normalized spacial score (nSPS) is 10.4. The van der Waals surface area contributed by atoms with Crippen LogP contribution in [0.2, 0.25) is 0 Å². The van der Waals surface area contributed by atoms with Crippen molar-refractivity contribution in [3.8, 4) is 0 Å². The molecule has 0 spiro atoms. The Bertz CT molecular complexity index is 776. The van der Waals surface area contributed by atoms with Gasteiger partial charge in [-0.25, -0.2) is 4.79 Å². The number of nitrogens with zero attached hydrogens (tertiary/aromatic N) is 1. The molecule has 20 heavy (non-hydrogen) atoms. The number of nitrogens with one attached hydrogen (secondary N) is 1. The quantitative estimate of drug-likeness (QED) is 0.720. The van der Waals surface area contributed by atoms with Gasteiger partial charge < -0.3 is 5.32 Å². The number of aromatic nitrogens is 1. The maximum atomic E-state index is 12.3. The zero-order valence-corrected chi connectivity index (χ0v) is 10.6. The SMILES string of the molecule is O=Cc1cn(C(=O)Nc2ccccc2)c2ccccc12. The summed E-state index contributed by atoms with van der Waals surface area (Å²) in [6, 6.07) is 16.2. The fourth-order valence-electron chi connectivity index (χ4n) is 2.17. The Labute approximate surface area is 115 Å². The van der Waals surface area contributed by atoms with Crippen LogP contribution in [0.1, 0.15) is 10.4 Å². The first-order valence-electron chi connectivity index (χ1n) is 6.21. The number of carbonyl (C=O) groups excluding carboxylic acids is 2. The first-order chi connectivity index (χ1) is 9.79.